The first-order valence-corrected chi connectivity index (χ1v) is 6.35. The van der Waals surface area contributed by atoms with Crippen molar-refractivity contribution < 1.29 is 13.2 Å². The summed E-state index contributed by atoms with van der Waals surface area (Å²) in [4.78, 5) is 0. The molecule has 1 fully saturated rings. The van der Waals surface area contributed by atoms with Crippen molar-refractivity contribution >= 4 is 15.9 Å². The topological polar surface area (TPSA) is 12.0 Å². The first kappa shape index (κ1) is 12.9. The average Bonchev–Trinajstić information content (AvgIpc) is 2.33. The lowest BCUT2D eigenvalue weighted by Crippen LogP contribution is -2.37. The van der Waals surface area contributed by atoms with E-state index in [-0.39, 0.29) is 0 Å². The third kappa shape index (κ3) is 2.65. The molecule has 0 radical (unpaired) electrons. The molecular formula is C12H13BrF3N. The van der Waals surface area contributed by atoms with E-state index >= 15 is 0 Å². The molecule has 1 aromatic carbocycles. The van der Waals surface area contributed by atoms with Crippen LogP contribution in [-0.4, -0.2) is 13.1 Å². The van der Waals surface area contributed by atoms with Crippen LogP contribution < -0.4 is 5.32 Å². The molecule has 1 nitrogen and oxygen atoms in total. The molecule has 1 aliphatic rings. The smallest absolute Gasteiger partial charge is 0.278 e. The van der Waals surface area contributed by atoms with Crippen LogP contribution in [0.4, 0.5) is 13.2 Å². The van der Waals surface area contributed by atoms with Crippen molar-refractivity contribution in [2.45, 2.75) is 18.8 Å². The molecular weight excluding hydrogens is 295 g/mol. The Hall–Kier alpha value is -0.550. The molecule has 0 saturated carbocycles. The van der Waals surface area contributed by atoms with E-state index < -0.39 is 23.2 Å². The summed E-state index contributed by atoms with van der Waals surface area (Å²) in [5, 5.41) is 3.03. The zero-order valence-corrected chi connectivity index (χ0v) is 10.7. The molecule has 1 N–H and O–H groups in total. The van der Waals surface area contributed by atoms with E-state index in [9.17, 15) is 13.2 Å². The number of hydrogen-bond acceptors (Lipinski definition) is 1. The molecule has 5 heteroatoms. The first-order valence-electron chi connectivity index (χ1n) is 5.56. The fourth-order valence-corrected chi connectivity index (χ4v) is 2.52. The zero-order valence-electron chi connectivity index (χ0n) is 9.15. The fraction of sp³-hybridized carbons (Fsp3) is 0.500. The third-order valence-electron chi connectivity index (χ3n) is 3.14. The number of nitrogens with one attached hydrogen (secondary N) is 1. The second-order valence-corrected chi connectivity index (χ2v) is 5.19. The third-order valence-corrected chi connectivity index (χ3v) is 3.63. The Kier molecular flexibility index (Phi) is 3.78. The summed E-state index contributed by atoms with van der Waals surface area (Å²) in [6.45, 7) is 1.13. The van der Waals surface area contributed by atoms with E-state index in [4.69, 9.17) is 0 Å². The van der Waals surface area contributed by atoms with Crippen LogP contribution in [0.2, 0.25) is 0 Å². The van der Waals surface area contributed by atoms with Crippen LogP contribution in [0.1, 0.15) is 18.4 Å². The van der Waals surface area contributed by atoms with Gasteiger partial charge >= 0.3 is 0 Å². The summed E-state index contributed by atoms with van der Waals surface area (Å²) in [5.41, 5.74) is -0.501. The van der Waals surface area contributed by atoms with Gasteiger partial charge in [-0.05, 0) is 44.1 Å². The monoisotopic (exact) mass is 307 g/mol. The van der Waals surface area contributed by atoms with Gasteiger partial charge in [-0.3, -0.25) is 0 Å². The first-order chi connectivity index (χ1) is 8.01. The molecule has 94 valence electrons. The minimum Gasteiger partial charge on any atom is -0.317 e. The summed E-state index contributed by atoms with van der Waals surface area (Å²) < 4.78 is 42.4. The summed E-state index contributed by atoms with van der Waals surface area (Å²) in [5.74, 6) is -4.72. The summed E-state index contributed by atoms with van der Waals surface area (Å²) in [6, 6.07) is 3.68. The Bertz CT molecular complexity index is 403. The number of alkyl halides is 2. The summed E-state index contributed by atoms with van der Waals surface area (Å²) in [7, 11) is 0. The summed E-state index contributed by atoms with van der Waals surface area (Å²) in [6.07, 6.45) is 0.748. The predicted molar refractivity (Wildman–Crippen MR) is 63.6 cm³/mol. The minimum absolute atomic E-state index is 0.374. The molecule has 0 bridgehead atoms. The normalized spacial score (nSPS) is 18.4. The largest absolute Gasteiger partial charge is 0.317 e. The maximum atomic E-state index is 14.2. The van der Waals surface area contributed by atoms with Crippen LogP contribution in [0.3, 0.4) is 0 Å². The van der Waals surface area contributed by atoms with Gasteiger partial charge in [0, 0.05) is 10.4 Å². The van der Waals surface area contributed by atoms with Gasteiger partial charge in [-0.25, -0.2) is 13.2 Å². The highest BCUT2D eigenvalue weighted by Crippen LogP contribution is 2.42. The molecule has 1 saturated heterocycles. The van der Waals surface area contributed by atoms with E-state index in [0.717, 1.165) is 6.07 Å². The highest BCUT2D eigenvalue weighted by atomic mass is 79.9. The van der Waals surface area contributed by atoms with Crippen molar-refractivity contribution in [1.82, 2.24) is 5.32 Å². The molecule has 0 spiro atoms. The van der Waals surface area contributed by atoms with Gasteiger partial charge in [0.1, 0.15) is 5.82 Å². The summed E-state index contributed by atoms with van der Waals surface area (Å²) >= 11 is 3.10. The zero-order chi connectivity index (χ0) is 12.5. The fourth-order valence-electron chi connectivity index (χ4n) is 2.16. The Morgan fingerprint density at radius 3 is 2.53 bits per heavy atom. The molecule has 1 aliphatic heterocycles. The standard InChI is InChI=1S/C12H13BrF3N/c13-9-1-2-11(14)10(7-9)12(15,16)8-3-5-17-6-4-8/h1-2,7-8,17H,3-6H2. The van der Waals surface area contributed by atoms with Crippen LogP contribution in [0.5, 0.6) is 0 Å². The Labute approximate surface area is 107 Å². The van der Waals surface area contributed by atoms with Crippen molar-refractivity contribution in [3.05, 3.63) is 34.1 Å². The van der Waals surface area contributed by atoms with Gasteiger partial charge in [-0.2, -0.15) is 0 Å². The van der Waals surface area contributed by atoms with E-state index in [0.29, 0.717) is 30.4 Å². The average molecular weight is 308 g/mol. The van der Waals surface area contributed by atoms with E-state index in [1.165, 1.54) is 12.1 Å². The molecule has 1 aromatic rings. The van der Waals surface area contributed by atoms with Crippen molar-refractivity contribution in [1.29, 1.82) is 0 Å². The molecule has 0 unspecified atom stereocenters. The van der Waals surface area contributed by atoms with Crippen molar-refractivity contribution in [3.63, 3.8) is 0 Å². The van der Waals surface area contributed by atoms with Crippen LogP contribution >= 0.6 is 15.9 Å². The number of halogens is 4. The highest BCUT2D eigenvalue weighted by molar-refractivity contribution is 9.10. The van der Waals surface area contributed by atoms with E-state index in [1.54, 1.807) is 0 Å². The van der Waals surface area contributed by atoms with Gasteiger partial charge in [-0.1, -0.05) is 15.9 Å². The van der Waals surface area contributed by atoms with Crippen molar-refractivity contribution in [2.75, 3.05) is 13.1 Å². The minimum atomic E-state index is -3.10. The Morgan fingerprint density at radius 2 is 1.88 bits per heavy atom. The molecule has 17 heavy (non-hydrogen) atoms. The SMILES string of the molecule is Fc1ccc(Br)cc1C(F)(F)C1CCNCC1. The number of hydrogen-bond donors (Lipinski definition) is 1. The molecule has 0 amide bonds. The lowest BCUT2D eigenvalue weighted by molar-refractivity contribution is -0.0780. The van der Waals surface area contributed by atoms with E-state index in [2.05, 4.69) is 21.2 Å². The van der Waals surface area contributed by atoms with Gasteiger partial charge < -0.3 is 5.32 Å². The second kappa shape index (κ2) is 4.98. The molecule has 0 aliphatic carbocycles. The molecule has 0 atom stereocenters. The van der Waals surface area contributed by atoms with Gasteiger partial charge in [0.05, 0.1) is 5.56 Å². The van der Waals surface area contributed by atoms with Crippen molar-refractivity contribution in [3.8, 4) is 0 Å². The Morgan fingerprint density at radius 1 is 1.24 bits per heavy atom. The number of piperidine rings is 1. The molecule has 1 heterocycles. The highest BCUT2D eigenvalue weighted by Gasteiger charge is 2.43. The maximum absolute atomic E-state index is 14.2. The van der Waals surface area contributed by atoms with Crippen LogP contribution in [0, 0.1) is 11.7 Å². The molecule has 0 aromatic heterocycles. The predicted octanol–water partition coefficient (Wildman–Crippen LogP) is 3.68. The molecule has 2 rings (SSSR count). The van der Waals surface area contributed by atoms with Crippen LogP contribution in [0.15, 0.2) is 22.7 Å². The number of benzene rings is 1. The van der Waals surface area contributed by atoms with Gasteiger partial charge in [0.15, 0.2) is 0 Å². The lowest BCUT2D eigenvalue weighted by atomic mass is 9.87. The van der Waals surface area contributed by atoms with Gasteiger partial charge in [0.25, 0.3) is 5.92 Å². The lowest BCUT2D eigenvalue weighted by Gasteiger charge is -2.31. The maximum Gasteiger partial charge on any atom is 0.278 e. The van der Waals surface area contributed by atoms with Crippen LogP contribution in [-0.2, 0) is 5.92 Å². The van der Waals surface area contributed by atoms with Gasteiger partial charge in [-0.15, -0.1) is 0 Å². The second-order valence-electron chi connectivity index (χ2n) is 4.27. The van der Waals surface area contributed by atoms with E-state index in [1.807, 2.05) is 0 Å². The number of rotatable bonds is 2. The Balaban J connectivity index is 2.32. The van der Waals surface area contributed by atoms with Crippen LogP contribution in [0.25, 0.3) is 0 Å². The quantitative estimate of drug-likeness (QED) is 0.879. The van der Waals surface area contributed by atoms with Crippen molar-refractivity contribution in [2.24, 2.45) is 5.92 Å². The van der Waals surface area contributed by atoms with Gasteiger partial charge in [0.2, 0.25) is 0 Å².